The van der Waals surface area contributed by atoms with Crippen molar-refractivity contribution >= 4 is 34.4 Å². The van der Waals surface area contributed by atoms with Crippen LogP contribution < -0.4 is 15.8 Å². The van der Waals surface area contributed by atoms with E-state index in [0.29, 0.717) is 18.8 Å². The first kappa shape index (κ1) is 18.0. The molecule has 0 atom stereocenters. The minimum atomic E-state index is -0.536. The molecule has 0 unspecified atom stereocenters. The third-order valence-corrected chi connectivity index (χ3v) is 4.48. The number of hydrazine groups is 1. The number of rotatable bonds is 4. The molecule has 0 saturated carbocycles. The normalized spacial score (nSPS) is 14.4. The predicted octanol–water partition coefficient (Wildman–Crippen LogP) is 1.59. The Kier molecular flexibility index (Phi) is 5.92. The summed E-state index contributed by atoms with van der Waals surface area (Å²) in [5, 5.41) is 2.38. The predicted molar refractivity (Wildman–Crippen MR) is 96.2 cm³/mol. The molecule has 7 nitrogen and oxygen atoms in total. The molecule has 136 valence electrons. The van der Waals surface area contributed by atoms with Crippen LogP contribution >= 0.6 is 11.3 Å². The number of amides is 2. The summed E-state index contributed by atoms with van der Waals surface area (Å²) in [7, 11) is 0. The largest absolute Gasteiger partial charge is 0.378 e. The highest BCUT2D eigenvalue weighted by Crippen LogP contribution is 2.21. The van der Waals surface area contributed by atoms with Crippen LogP contribution in [0.1, 0.15) is 16.1 Å². The van der Waals surface area contributed by atoms with Crippen molar-refractivity contribution in [2.45, 2.75) is 0 Å². The zero-order valence-corrected chi connectivity index (χ0v) is 14.6. The number of carbonyl (C=O) groups excluding carboxylic acids is 2. The van der Waals surface area contributed by atoms with Gasteiger partial charge in [0.15, 0.2) is 5.13 Å². The van der Waals surface area contributed by atoms with Crippen LogP contribution in [0, 0.1) is 5.82 Å². The molecule has 1 aromatic carbocycles. The molecule has 2 N–H and O–H groups in total. The van der Waals surface area contributed by atoms with Gasteiger partial charge in [0.25, 0.3) is 11.8 Å². The number of hydrogen-bond acceptors (Lipinski definition) is 6. The third-order valence-electron chi connectivity index (χ3n) is 3.58. The molecule has 2 heterocycles. The van der Waals surface area contributed by atoms with Gasteiger partial charge in [0.05, 0.1) is 13.2 Å². The Morgan fingerprint density at radius 2 is 2.08 bits per heavy atom. The van der Waals surface area contributed by atoms with Gasteiger partial charge in [-0.3, -0.25) is 20.4 Å². The SMILES string of the molecule is O=C(/C=C/c1cccc(F)c1)NNC(=O)c1csc(N2CCOCC2)n1. The van der Waals surface area contributed by atoms with E-state index in [-0.39, 0.29) is 11.5 Å². The van der Waals surface area contributed by atoms with E-state index in [2.05, 4.69) is 15.8 Å². The number of carbonyl (C=O) groups is 2. The third kappa shape index (κ3) is 4.87. The molecule has 0 spiro atoms. The van der Waals surface area contributed by atoms with Crippen LogP contribution in [0.15, 0.2) is 35.7 Å². The van der Waals surface area contributed by atoms with E-state index in [9.17, 15) is 14.0 Å². The van der Waals surface area contributed by atoms with Gasteiger partial charge in [0.2, 0.25) is 0 Å². The van der Waals surface area contributed by atoms with Gasteiger partial charge in [-0.25, -0.2) is 9.37 Å². The number of thiazole rings is 1. The fourth-order valence-corrected chi connectivity index (χ4v) is 3.13. The number of anilines is 1. The molecule has 0 aliphatic carbocycles. The van der Waals surface area contributed by atoms with Crippen molar-refractivity contribution in [3.8, 4) is 0 Å². The monoisotopic (exact) mass is 376 g/mol. The average molecular weight is 376 g/mol. The minimum Gasteiger partial charge on any atom is -0.378 e. The summed E-state index contributed by atoms with van der Waals surface area (Å²) in [6, 6.07) is 5.82. The molecule has 1 aliphatic rings. The van der Waals surface area contributed by atoms with Crippen LogP contribution in [0.2, 0.25) is 0 Å². The molecule has 0 radical (unpaired) electrons. The standard InChI is InChI=1S/C17H17FN4O3S/c18-13-3-1-2-12(10-13)4-5-15(23)20-21-16(24)14-11-26-17(19-14)22-6-8-25-9-7-22/h1-5,10-11H,6-9H2,(H,20,23)(H,21,24)/b5-4+. The quantitative estimate of drug-likeness (QED) is 0.626. The topological polar surface area (TPSA) is 83.6 Å². The smallest absolute Gasteiger partial charge is 0.289 e. The fourth-order valence-electron chi connectivity index (χ4n) is 2.27. The Labute approximate surface area is 153 Å². The Morgan fingerprint density at radius 3 is 2.85 bits per heavy atom. The van der Waals surface area contributed by atoms with Crippen molar-refractivity contribution in [1.82, 2.24) is 15.8 Å². The van der Waals surface area contributed by atoms with Crippen molar-refractivity contribution in [3.05, 3.63) is 52.8 Å². The molecular formula is C17H17FN4O3S. The maximum absolute atomic E-state index is 13.1. The highest BCUT2D eigenvalue weighted by molar-refractivity contribution is 7.13. The molecule has 1 saturated heterocycles. The van der Waals surface area contributed by atoms with Gasteiger partial charge in [0.1, 0.15) is 11.5 Å². The molecular weight excluding hydrogens is 359 g/mol. The van der Waals surface area contributed by atoms with E-state index < -0.39 is 11.8 Å². The number of aromatic nitrogens is 1. The number of nitrogens with zero attached hydrogens (tertiary/aromatic N) is 2. The lowest BCUT2D eigenvalue weighted by molar-refractivity contribution is -0.117. The summed E-state index contributed by atoms with van der Waals surface area (Å²) in [6.45, 7) is 2.73. The summed E-state index contributed by atoms with van der Waals surface area (Å²) >= 11 is 1.36. The highest BCUT2D eigenvalue weighted by atomic mass is 32.1. The van der Waals surface area contributed by atoms with Gasteiger partial charge in [-0.05, 0) is 23.8 Å². The minimum absolute atomic E-state index is 0.228. The Morgan fingerprint density at radius 1 is 1.27 bits per heavy atom. The van der Waals surface area contributed by atoms with Crippen molar-refractivity contribution < 1.29 is 18.7 Å². The molecule has 2 amide bonds. The second kappa shape index (κ2) is 8.54. The van der Waals surface area contributed by atoms with Crippen LogP contribution in [-0.4, -0.2) is 43.1 Å². The average Bonchev–Trinajstić information content (AvgIpc) is 3.15. The maximum Gasteiger partial charge on any atom is 0.289 e. The number of nitrogens with one attached hydrogen (secondary N) is 2. The molecule has 1 aliphatic heterocycles. The summed E-state index contributed by atoms with van der Waals surface area (Å²) in [5.41, 5.74) is 5.34. The Balaban J connectivity index is 1.50. The molecule has 26 heavy (non-hydrogen) atoms. The van der Waals surface area contributed by atoms with E-state index in [1.165, 1.54) is 35.6 Å². The van der Waals surface area contributed by atoms with Gasteiger partial charge >= 0.3 is 0 Å². The summed E-state index contributed by atoms with van der Waals surface area (Å²) < 4.78 is 18.3. The van der Waals surface area contributed by atoms with Crippen LogP contribution in [0.5, 0.6) is 0 Å². The van der Waals surface area contributed by atoms with E-state index in [0.717, 1.165) is 18.2 Å². The second-order valence-electron chi connectivity index (χ2n) is 5.45. The maximum atomic E-state index is 13.1. The van der Waals surface area contributed by atoms with Crippen molar-refractivity contribution in [3.63, 3.8) is 0 Å². The number of halogens is 1. The van der Waals surface area contributed by atoms with Crippen LogP contribution in [0.3, 0.4) is 0 Å². The summed E-state index contributed by atoms with van der Waals surface area (Å²) in [5.74, 6) is -1.43. The molecule has 1 aromatic heterocycles. The molecule has 2 aromatic rings. The first-order chi connectivity index (χ1) is 12.6. The van der Waals surface area contributed by atoms with Crippen molar-refractivity contribution in [2.75, 3.05) is 31.2 Å². The van der Waals surface area contributed by atoms with Gasteiger partial charge < -0.3 is 9.64 Å². The lowest BCUT2D eigenvalue weighted by Crippen LogP contribution is -2.41. The Hall–Kier alpha value is -2.78. The molecule has 1 fully saturated rings. The van der Waals surface area contributed by atoms with Crippen molar-refractivity contribution in [1.29, 1.82) is 0 Å². The van der Waals surface area contributed by atoms with E-state index >= 15 is 0 Å². The number of hydrogen-bond donors (Lipinski definition) is 2. The van der Waals surface area contributed by atoms with E-state index in [1.54, 1.807) is 17.5 Å². The second-order valence-corrected chi connectivity index (χ2v) is 6.28. The molecule has 3 rings (SSSR count). The number of ether oxygens (including phenoxy) is 1. The van der Waals surface area contributed by atoms with E-state index in [1.807, 2.05) is 4.90 Å². The van der Waals surface area contributed by atoms with E-state index in [4.69, 9.17) is 4.74 Å². The lowest BCUT2D eigenvalue weighted by atomic mass is 10.2. The number of morpholine rings is 1. The van der Waals surface area contributed by atoms with Gasteiger partial charge in [-0.1, -0.05) is 12.1 Å². The molecule has 9 heteroatoms. The fraction of sp³-hybridized carbons (Fsp3) is 0.235. The van der Waals surface area contributed by atoms with Crippen molar-refractivity contribution in [2.24, 2.45) is 0 Å². The van der Waals surface area contributed by atoms with Gasteiger partial charge in [-0.15, -0.1) is 11.3 Å². The summed E-state index contributed by atoms with van der Waals surface area (Å²) in [6.07, 6.45) is 2.65. The highest BCUT2D eigenvalue weighted by Gasteiger charge is 2.17. The summed E-state index contributed by atoms with van der Waals surface area (Å²) in [4.78, 5) is 30.1. The van der Waals surface area contributed by atoms with Crippen LogP contribution in [0.4, 0.5) is 9.52 Å². The first-order valence-corrected chi connectivity index (χ1v) is 8.82. The zero-order valence-electron chi connectivity index (χ0n) is 13.8. The number of benzene rings is 1. The van der Waals surface area contributed by atoms with Crippen LogP contribution in [0.25, 0.3) is 6.08 Å². The van der Waals surface area contributed by atoms with Crippen LogP contribution in [-0.2, 0) is 9.53 Å². The first-order valence-electron chi connectivity index (χ1n) is 7.94. The molecule has 0 bridgehead atoms. The Bertz CT molecular complexity index is 818. The van der Waals surface area contributed by atoms with Gasteiger partial charge in [0, 0.05) is 24.5 Å². The zero-order chi connectivity index (χ0) is 18.4. The lowest BCUT2D eigenvalue weighted by Gasteiger charge is -2.25. The van der Waals surface area contributed by atoms with Gasteiger partial charge in [-0.2, -0.15) is 0 Å².